The van der Waals surface area contributed by atoms with Gasteiger partial charge >= 0.3 is 0 Å². The Morgan fingerprint density at radius 2 is 1.95 bits per heavy atom. The van der Waals surface area contributed by atoms with E-state index in [1.165, 1.54) is 6.92 Å². The zero-order chi connectivity index (χ0) is 27.8. The number of ether oxygens (including phenoxy) is 1. The highest BCUT2D eigenvalue weighted by molar-refractivity contribution is 5.98. The number of amides is 3. The molecule has 0 unspecified atom stereocenters. The Bertz CT molecular complexity index is 1290. The second kappa shape index (κ2) is 13.0. The minimum absolute atomic E-state index is 0.115. The third-order valence-corrected chi connectivity index (χ3v) is 6.41. The Balaban J connectivity index is 1.55. The number of aliphatic hydroxyl groups excluding tert-OH is 1. The second-order valence-corrected chi connectivity index (χ2v) is 9.42. The summed E-state index contributed by atoms with van der Waals surface area (Å²) in [4.78, 5) is 44.7. The summed E-state index contributed by atoms with van der Waals surface area (Å²) in [5.41, 5.74) is 2.38. The van der Waals surface area contributed by atoms with E-state index < -0.39 is 24.0 Å². The standard InChI is InChI=1S/C27H33N7O5/c1-18-4-5-21-16-23(18)39-15-3-12-34-17-22(31-32-34)8-13-33(27(38)20-6-9-28-10-7-20)14-11-29-26(37)24(19(2)35)30-25(21)36/h4-7,9-10,16-17,19,24,35H,3,8,11-15H2,1-2H3,(H,29,37)(H,30,36)/t19-,24+/m1/s1. The number of benzene rings is 1. The Labute approximate surface area is 226 Å². The van der Waals surface area contributed by atoms with Gasteiger partial charge in [0.15, 0.2) is 0 Å². The van der Waals surface area contributed by atoms with Crippen LogP contribution in [-0.2, 0) is 17.8 Å². The van der Waals surface area contributed by atoms with Crippen LogP contribution in [0, 0.1) is 6.92 Å². The highest BCUT2D eigenvalue weighted by Crippen LogP contribution is 2.20. The number of aromatic nitrogens is 4. The molecule has 12 nitrogen and oxygen atoms in total. The number of aliphatic hydroxyl groups is 1. The summed E-state index contributed by atoms with van der Waals surface area (Å²) in [5.74, 6) is -0.724. The van der Waals surface area contributed by atoms with Crippen LogP contribution in [0.4, 0.5) is 0 Å². The fourth-order valence-corrected chi connectivity index (χ4v) is 4.16. The van der Waals surface area contributed by atoms with Crippen LogP contribution in [0.5, 0.6) is 5.75 Å². The summed E-state index contributed by atoms with van der Waals surface area (Å²) in [7, 11) is 0. The Morgan fingerprint density at radius 1 is 1.15 bits per heavy atom. The summed E-state index contributed by atoms with van der Waals surface area (Å²) in [5, 5.41) is 24.0. The van der Waals surface area contributed by atoms with Crippen LogP contribution < -0.4 is 15.4 Å². The van der Waals surface area contributed by atoms with Gasteiger partial charge in [0, 0.05) is 68.7 Å². The third-order valence-electron chi connectivity index (χ3n) is 6.41. The quantitative estimate of drug-likeness (QED) is 0.435. The van der Waals surface area contributed by atoms with Gasteiger partial charge in [0.2, 0.25) is 5.91 Å². The number of fused-ring (bicyclic) bond motifs is 4. The van der Waals surface area contributed by atoms with Gasteiger partial charge in [0.25, 0.3) is 11.8 Å². The molecule has 206 valence electrons. The van der Waals surface area contributed by atoms with Crippen LogP contribution in [0.15, 0.2) is 48.9 Å². The predicted molar refractivity (Wildman–Crippen MR) is 141 cm³/mol. The van der Waals surface area contributed by atoms with E-state index in [1.807, 2.05) is 13.1 Å². The van der Waals surface area contributed by atoms with E-state index in [-0.39, 0.29) is 19.0 Å². The van der Waals surface area contributed by atoms with Crippen molar-refractivity contribution in [2.45, 2.75) is 45.4 Å². The molecule has 0 aliphatic carbocycles. The van der Waals surface area contributed by atoms with Gasteiger partial charge in [0.05, 0.1) is 18.4 Å². The molecule has 3 heterocycles. The lowest BCUT2D eigenvalue weighted by Gasteiger charge is -2.25. The molecule has 0 saturated heterocycles. The van der Waals surface area contributed by atoms with E-state index >= 15 is 0 Å². The molecule has 4 rings (SSSR count). The molecule has 2 atom stereocenters. The Morgan fingerprint density at radius 3 is 2.72 bits per heavy atom. The maximum absolute atomic E-state index is 13.2. The average Bonchev–Trinajstić information content (AvgIpc) is 3.39. The number of hydrogen-bond acceptors (Lipinski definition) is 8. The lowest BCUT2D eigenvalue weighted by Crippen LogP contribution is -2.53. The molecule has 2 aromatic heterocycles. The number of rotatable bonds is 2. The van der Waals surface area contributed by atoms with Gasteiger partial charge in [0.1, 0.15) is 11.8 Å². The lowest BCUT2D eigenvalue weighted by atomic mass is 10.1. The molecule has 12 heteroatoms. The zero-order valence-corrected chi connectivity index (χ0v) is 22.0. The number of nitrogens with zero attached hydrogens (tertiary/aromatic N) is 5. The monoisotopic (exact) mass is 535 g/mol. The summed E-state index contributed by atoms with van der Waals surface area (Å²) >= 11 is 0. The average molecular weight is 536 g/mol. The van der Waals surface area contributed by atoms with E-state index in [2.05, 4.69) is 25.9 Å². The van der Waals surface area contributed by atoms with E-state index in [9.17, 15) is 19.5 Å². The normalized spacial score (nSPS) is 18.3. The minimum atomic E-state index is -1.19. The van der Waals surface area contributed by atoms with E-state index in [0.717, 1.165) is 11.3 Å². The molecule has 3 N–H and O–H groups in total. The molecule has 1 aliphatic heterocycles. The van der Waals surface area contributed by atoms with Gasteiger partial charge < -0.3 is 25.4 Å². The fourth-order valence-electron chi connectivity index (χ4n) is 4.16. The van der Waals surface area contributed by atoms with Crippen molar-refractivity contribution in [2.75, 3.05) is 26.2 Å². The number of pyridine rings is 1. The van der Waals surface area contributed by atoms with Gasteiger partial charge in [-0.15, -0.1) is 5.10 Å². The first-order valence-electron chi connectivity index (χ1n) is 12.9. The molecule has 1 aliphatic rings. The molecular weight excluding hydrogens is 502 g/mol. The zero-order valence-electron chi connectivity index (χ0n) is 22.0. The number of carbonyl (C=O) groups is 3. The molecule has 3 amide bonds. The Hall–Kier alpha value is -4.32. The molecule has 4 bridgehead atoms. The Kier molecular flexibility index (Phi) is 9.21. The van der Waals surface area contributed by atoms with Crippen molar-refractivity contribution in [1.82, 2.24) is 35.5 Å². The number of carbonyl (C=O) groups excluding carboxylic acids is 3. The lowest BCUT2D eigenvalue weighted by molar-refractivity contribution is -0.125. The topological polar surface area (TPSA) is 152 Å². The number of hydrogen-bond donors (Lipinski definition) is 3. The van der Waals surface area contributed by atoms with E-state index in [1.54, 1.807) is 52.3 Å². The van der Waals surface area contributed by atoms with Crippen molar-refractivity contribution in [3.63, 3.8) is 0 Å². The van der Waals surface area contributed by atoms with Crippen molar-refractivity contribution in [2.24, 2.45) is 0 Å². The first-order chi connectivity index (χ1) is 18.8. The van der Waals surface area contributed by atoms with Gasteiger partial charge in [-0.25, -0.2) is 0 Å². The van der Waals surface area contributed by atoms with Crippen LogP contribution in [0.2, 0.25) is 0 Å². The van der Waals surface area contributed by atoms with Crippen LogP contribution in [-0.4, -0.2) is 86.1 Å². The maximum Gasteiger partial charge on any atom is 0.254 e. The largest absolute Gasteiger partial charge is 0.493 e. The van der Waals surface area contributed by atoms with Crippen LogP contribution in [0.25, 0.3) is 0 Å². The van der Waals surface area contributed by atoms with Crippen molar-refractivity contribution in [3.05, 3.63) is 71.3 Å². The van der Waals surface area contributed by atoms with E-state index in [4.69, 9.17) is 4.74 Å². The molecule has 0 saturated carbocycles. The summed E-state index contributed by atoms with van der Waals surface area (Å²) in [6, 6.07) is 7.10. The summed E-state index contributed by atoms with van der Waals surface area (Å²) < 4.78 is 7.65. The molecular formula is C27H33N7O5. The smallest absolute Gasteiger partial charge is 0.254 e. The summed E-state index contributed by atoms with van der Waals surface area (Å²) in [6.07, 6.45) is 4.92. The maximum atomic E-state index is 13.2. The summed E-state index contributed by atoms with van der Waals surface area (Å²) in [6.45, 7) is 4.97. The van der Waals surface area contributed by atoms with E-state index in [0.29, 0.717) is 49.4 Å². The first-order valence-corrected chi connectivity index (χ1v) is 12.9. The molecule has 0 radical (unpaired) electrons. The van der Waals surface area contributed by atoms with Gasteiger partial charge in [-0.3, -0.25) is 24.0 Å². The van der Waals surface area contributed by atoms with Crippen LogP contribution in [0.1, 0.15) is 45.3 Å². The van der Waals surface area contributed by atoms with Gasteiger partial charge in [-0.1, -0.05) is 11.3 Å². The second-order valence-electron chi connectivity index (χ2n) is 9.42. The highest BCUT2D eigenvalue weighted by Gasteiger charge is 2.27. The first kappa shape index (κ1) is 27.7. The fraction of sp³-hybridized carbons (Fsp3) is 0.407. The molecule has 3 aromatic rings. The number of nitrogens with one attached hydrogen (secondary N) is 2. The van der Waals surface area contributed by atoms with Crippen molar-refractivity contribution >= 4 is 17.7 Å². The SMILES string of the molecule is Cc1ccc2cc1OCCCn1cc(nn1)CCN(C(=O)c1ccncc1)CCNC(=O)[C@H]([C@@H](C)O)NC2=O. The molecule has 1 aromatic carbocycles. The predicted octanol–water partition coefficient (Wildman–Crippen LogP) is 0.745. The van der Waals surface area contributed by atoms with Crippen LogP contribution in [0.3, 0.4) is 0 Å². The van der Waals surface area contributed by atoms with Gasteiger partial charge in [-0.2, -0.15) is 0 Å². The van der Waals surface area contributed by atoms with Crippen molar-refractivity contribution in [3.8, 4) is 5.75 Å². The minimum Gasteiger partial charge on any atom is -0.493 e. The van der Waals surface area contributed by atoms with Crippen molar-refractivity contribution < 1.29 is 24.2 Å². The molecule has 0 spiro atoms. The van der Waals surface area contributed by atoms with Gasteiger partial charge in [-0.05, 0) is 43.7 Å². The molecule has 0 fully saturated rings. The highest BCUT2D eigenvalue weighted by atomic mass is 16.5. The van der Waals surface area contributed by atoms with Crippen LogP contribution >= 0.6 is 0 Å². The van der Waals surface area contributed by atoms with Crippen molar-refractivity contribution in [1.29, 1.82) is 0 Å². The molecule has 39 heavy (non-hydrogen) atoms. The number of aryl methyl sites for hydroxylation is 2. The third kappa shape index (κ3) is 7.38.